The molecule has 2 rings (SSSR count). The molecule has 0 aliphatic heterocycles. The monoisotopic (exact) mass is 329 g/mol. The van der Waals surface area contributed by atoms with Crippen LogP contribution in [0.3, 0.4) is 0 Å². The molecule has 0 bridgehead atoms. The molecular weight excluding hydrogens is 314 g/mol. The molecule has 0 aromatic heterocycles. The van der Waals surface area contributed by atoms with Gasteiger partial charge in [-0.25, -0.2) is 13.2 Å². The van der Waals surface area contributed by atoms with Crippen LogP contribution in [-0.4, -0.2) is 20.6 Å². The summed E-state index contributed by atoms with van der Waals surface area (Å²) in [6.07, 6.45) is 1.16. The third kappa shape index (κ3) is 5.24. The van der Waals surface area contributed by atoms with Crippen LogP contribution in [0.1, 0.15) is 27.0 Å². The number of carbonyl (C=O) groups is 1. The van der Waals surface area contributed by atoms with Crippen LogP contribution >= 0.6 is 0 Å². The van der Waals surface area contributed by atoms with E-state index in [1.54, 1.807) is 48.5 Å². The molecule has 0 radical (unpaired) electrons. The van der Waals surface area contributed by atoms with Gasteiger partial charge in [0.2, 0.25) is 0 Å². The number of benzene rings is 2. The number of nitriles is 1. The fraction of sp³-hybridized carbons (Fsp3) is 0.176. The molecule has 0 amide bonds. The van der Waals surface area contributed by atoms with Gasteiger partial charge in [0.25, 0.3) is 0 Å². The van der Waals surface area contributed by atoms with E-state index in [-0.39, 0.29) is 12.4 Å². The zero-order chi connectivity index (χ0) is 16.9. The minimum atomic E-state index is -3.10. The topological polar surface area (TPSA) is 84.2 Å². The first-order valence-electron chi connectivity index (χ1n) is 6.80. The molecular formula is C17H15NO4S. The van der Waals surface area contributed by atoms with E-state index >= 15 is 0 Å². The number of rotatable bonds is 5. The summed E-state index contributed by atoms with van der Waals surface area (Å²) in [5, 5.41) is 8.72. The van der Waals surface area contributed by atoms with Crippen LogP contribution in [0.15, 0.2) is 48.5 Å². The maximum Gasteiger partial charge on any atom is 0.338 e. The summed E-state index contributed by atoms with van der Waals surface area (Å²) in [4.78, 5) is 11.9. The van der Waals surface area contributed by atoms with Gasteiger partial charge in [-0.15, -0.1) is 0 Å². The van der Waals surface area contributed by atoms with Crippen LogP contribution in [-0.2, 0) is 26.9 Å². The van der Waals surface area contributed by atoms with Crippen LogP contribution in [0.2, 0.25) is 0 Å². The smallest absolute Gasteiger partial charge is 0.338 e. The quantitative estimate of drug-likeness (QED) is 0.787. The first-order valence-corrected chi connectivity index (χ1v) is 8.86. The Kier molecular flexibility index (Phi) is 5.14. The molecule has 0 fully saturated rings. The normalized spacial score (nSPS) is 10.8. The molecule has 0 aliphatic carbocycles. The largest absolute Gasteiger partial charge is 0.457 e. The second-order valence-electron chi connectivity index (χ2n) is 5.15. The SMILES string of the molecule is CS(=O)(=O)Cc1ccc(C(=O)OCc2ccc(C#N)cc2)cc1. The minimum absolute atomic E-state index is 0.0619. The van der Waals surface area contributed by atoms with E-state index in [0.29, 0.717) is 16.7 Å². The number of nitrogens with zero attached hydrogens (tertiary/aromatic N) is 1. The number of sulfone groups is 1. The summed E-state index contributed by atoms with van der Waals surface area (Å²) in [5.41, 5.74) is 2.31. The highest BCUT2D eigenvalue weighted by Gasteiger charge is 2.09. The summed E-state index contributed by atoms with van der Waals surface area (Å²) in [7, 11) is -3.10. The first-order chi connectivity index (χ1) is 10.9. The zero-order valence-electron chi connectivity index (χ0n) is 12.5. The average molecular weight is 329 g/mol. The molecule has 23 heavy (non-hydrogen) atoms. The van der Waals surface area contributed by atoms with Gasteiger partial charge in [-0.1, -0.05) is 24.3 Å². The van der Waals surface area contributed by atoms with E-state index in [1.807, 2.05) is 6.07 Å². The third-order valence-corrected chi connectivity index (χ3v) is 3.93. The van der Waals surface area contributed by atoms with Crippen molar-refractivity contribution in [2.75, 3.05) is 6.26 Å². The van der Waals surface area contributed by atoms with Crippen LogP contribution < -0.4 is 0 Å². The molecule has 0 saturated heterocycles. The highest BCUT2D eigenvalue weighted by Crippen LogP contribution is 2.11. The van der Waals surface area contributed by atoms with Crippen molar-refractivity contribution in [2.45, 2.75) is 12.4 Å². The van der Waals surface area contributed by atoms with Crippen molar-refractivity contribution in [1.82, 2.24) is 0 Å². The van der Waals surface area contributed by atoms with Crippen LogP contribution in [0.25, 0.3) is 0 Å². The van der Waals surface area contributed by atoms with E-state index < -0.39 is 15.8 Å². The van der Waals surface area contributed by atoms with E-state index in [0.717, 1.165) is 11.8 Å². The predicted molar refractivity (Wildman–Crippen MR) is 85.3 cm³/mol. The van der Waals surface area contributed by atoms with Crippen molar-refractivity contribution >= 4 is 15.8 Å². The summed E-state index contributed by atoms with van der Waals surface area (Å²) in [6, 6.07) is 15.1. The summed E-state index contributed by atoms with van der Waals surface area (Å²) >= 11 is 0. The molecule has 0 atom stereocenters. The second kappa shape index (κ2) is 7.07. The van der Waals surface area contributed by atoms with Gasteiger partial charge in [0.1, 0.15) is 6.61 Å². The number of ether oxygens (including phenoxy) is 1. The summed E-state index contributed by atoms with van der Waals surface area (Å²) in [6.45, 7) is 0.107. The molecule has 5 nitrogen and oxygen atoms in total. The van der Waals surface area contributed by atoms with Gasteiger partial charge < -0.3 is 4.74 Å². The van der Waals surface area contributed by atoms with Crippen LogP contribution in [0.5, 0.6) is 0 Å². The van der Waals surface area contributed by atoms with Crippen molar-refractivity contribution in [3.8, 4) is 6.07 Å². The maximum absolute atomic E-state index is 11.9. The van der Waals surface area contributed by atoms with E-state index in [9.17, 15) is 13.2 Å². The minimum Gasteiger partial charge on any atom is -0.457 e. The lowest BCUT2D eigenvalue weighted by Crippen LogP contribution is -2.06. The molecule has 0 spiro atoms. The fourth-order valence-corrected chi connectivity index (χ4v) is 2.75. The van der Waals surface area contributed by atoms with Crippen molar-refractivity contribution in [2.24, 2.45) is 0 Å². The highest BCUT2D eigenvalue weighted by atomic mass is 32.2. The Morgan fingerprint density at radius 3 is 2.13 bits per heavy atom. The Bertz CT molecular complexity index is 832. The molecule has 0 heterocycles. The van der Waals surface area contributed by atoms with Gasteiger partial charge in [-0.2, -0.15) is 5.26 Å². The van der Waals surface area contributed by atoms with E-state index in [2.05, 4.69) is 0 Å². The summed E-state index contributed by atoms with van der Waals surface area (Å²) in [5.74, 6) is -0.548. The van der Waals surface area contributed by atoms with Crippen molar-refractivity contribution < 1.29 is 17.9 Å². The van der Waals surface area contributed by atoms with Gasteiger partial charge in [-0.05, 0) is 35.4 Å². The lowest BCUT2D eigenvalue weighted by atomic mass is 10.1. The number of hydrogen-bond donors (Lipinski definition) is 0. The van der Waals surface area contributed by atoms with Gasteiger partial charge in [0.15, 0.2) is 9.84 Å². The maximum atomic E-state index is 11.9. The van der Waals surface area contributed by atoms with Crippen molar-refractivity contribution in [1.29, 1.82) is 5.26 Å². The zero-order valence-corrected chi connectivity index (χ0v) is 13.3. The molecule has 2 aromatic rings. The first kappa shape index (κ1) is 16.7. The molecule has 0 unspecified atom stereocenters. The Morgan fingerprint density at radius 1 is 1.04 bits per heavy atom. The molecule has 0 saturated carbocycles. The van der Waals surface area contributed by atoms with E-state index in [1.165, 1.54) is 0 Å². The standard InChI is InChI=1S/C17H15NO4S/c1-23(20,21)12-15-6-8-16(9-7-15)17(19)22-11-14-4-2-13(10-18)3-5-14/h2-9H,11-12H2,1H3. The fourth-order valence-electron chi connectivity index (χ4n) is 1.95. The van der Waals surface area contributed by atoms with Gasteiger partial charge in [-0.3, -0.25) is 0 Å². The molecule has 118 valence electrons. The Labute approximate surface area is 135 Å². The molecule has 6 heteroatoms. The summed E-state index contributed by atoms with van der Waals surface area (Å²) < 4.78 is 27.6. The molecule has 2 aromatic carbocycles. The van der Waals surface area contributed by atoms with E-state index in [4.69, 9.17) is 10.00 Å². The number of esters is 1. The third-order valence-electron chi connectivity index (χ3n) is 3.07. The Balaban J connectivity index is 1.96. The Morgan fingerprint density at radius 2 is 1.61 bits per heavy atom. The van der Waals surface area contributed by atoms with Crippen LogP contribution in [0.4, 0.5) is 0 Å². The average Bonchev–Trinajstić information content (AvgIpc) is 2.52. The molecule has 0 aliphatic rings. The highest BCUT2D eigenvalue weighted by molar-refractivity contribution is 7.89. The Hall–Kier alpha value is -2.65. The van der Waals surface area contributed by atoms with Crippen molar-refractivity contribution in [3.05, 3.63) is 70.8 Å². The predicted octanol–water partition coefficient (Wildman–Crippen LogP) is 2.46. The van der Waals surface area contributed by atoms with Crippen molar-refractivity contribution in [3.63, 3.8) is 0 Å². The lowest BCUT2D eigenvalue weighted by molar-refractivity contribution is 0.0472. The van der Waals surface area contributed by atoms with Gasteiger partial charge >= 0.3 is 5.97 Å². The lowest BCUT2D eigenvalue weighted by Gasteiger charge is -2.06. The number of carbonyl (C=O) groups excluding carboxylic acids is 1. The van der Waals surface area contributed by atoms with Gasteiger partial charge in [0, 0.05) is 6.26 Å². The van der Waals surface area contributed by atoms with Gasteiger partial charge in [0.05, 0.1) is 22.9 Å². The van der Waals surface area contributed by atoms with Crippen LogP contribution in [0, 0.1) is 11.3 Å². The number of hydrogen-bond acceptors (Lipinski definition) is 5. The molecule has 0 N–H and O–H groups in total. The second-order valence-corrected chi connectivity index (χ2v) is 7.29.